The maximum Gasteiger partial charge on any atom is 0.407 e. The van der Waals surface area contributed by atoms with Gasteiger partial charge in [-0.2, -0.15) is 0 Å². The highest BCUT2D eigenvalue weighted by Crippen LogP contribution is 2.11. The van der Waals surface area contributed by atoms with E-state index in [1.807, 2.05) is 12.1 Å². The van der Waals surface area contributed by atoms with Crippen molar-refractivity contribution < 1.29 is 14.3 Å². The number of hydrogen-bond acceptors (Lipinski definition) is 5. The van der Waals surface area contributed by atoms with Gasteiger partial charge in [0, 0.05) is 6.54 Å². The maximum atomic E-state index is 10.8. The van der Waals surface area contributed by atoms with Crippen molar-refractivity contribution >= 4 is 6.09 Å². The molecule has 1 aliphatic rings. The standard InChI is InChI=1S/C14H21N3O3/c1-10(2)5-15-6-11-3-4-12(7-16-11)19-9-13-8-17-14(18)20-13/h3-4,7,10,13,15H,5-6,8-9H2,1-2H3,(H,17,18). The van der Waals surface area contributed by atoms with E-state index >= 15 is 0 Å². The summed E-state index contributed by atoms with van der Waals surface area (Å²) in [6.45, 7) is 6.89. The molecule has 1 atom stereocenters. The van der Waals surface area contributed by atoms with Crippen LogP contribution in [0.1, 0.15) is 19.5 Å². The zero-order valence-electron chi connectivity index (χ0n) is 11.9. The van der Waals surface area contributed by atoms with Gasteiger partial charge in [-0.1, -0.05) is 13.8 Å². The van der Waals surface area contributed by atoms with Crippen molar-refractivity contribution in [2.24, 2.45) is 5.92 Å². The van der Waals surface area contributed by atoms with E-state index < -0.39 is 0 Å². The minimum absolute atomic E-state index is 0.227. The molecule has 2 rings (SSSR count). The highest BCUT2D eigenvalue weighted by atomic mass is 16.6. The fraction of sp³-hybridized carbons (Fsp3) is 0.571. The van der Waals surface area contributed by atoms with Crippen LogP contribution < -0.4 is 15.4 Å². The first kappa shape index (κ1) is 14.6. The summed E-state index contributed by atoms with van der Waals surface area (Å²) < 4.78 is 10.5. The van der Waals surface area contributed by atoms with Gasteiger partial charge in [-0.3, -0.25) is 4.98 Å². The summed E-state index contributed by atoms with van der Waals surface area (Å²) in [4.78, 5) is 15.2. The molecule has 20 heavy (non-hydrogen) atoms. The number of cyclic esters (lactones) is 1. The number of hydrogen-bond donors (Lipinski definition) is 2. The summed E-state index contributed by atoms with van der Waals surface area (Å²) >= 11 is 0. The summed E-state index contributed by atoms with van der Waals surface area (Å²) in [5.74, 6) is 1.31. The maximum absolute atomic E-state index is 10.8. The lowest BCUT2D eigenvalue weighted by atomic mass is 10.2. The molecule has 0 spiro atoms. The summed E-state index contributed by atoms with van der Waals surface area (Å²) in [6, 6.07) is 3.81. The Morgan fingerprint density at radius 3 is 3.00 bits per heavy atom. The SMILES string of the molecule is CC(C)CNCc1ccc(OCC2CNC(=O)O2)cn1. The van der Waals surface area contributed by atoms with Crippen LogP contribution in [0.25, 0.3) is 0 Å². The van der Waals surface area contributed by atoms with E-state index in [1.54, 1.807) is 6.20 Å². The number of ether oxygens (including phenoxy) is 2. The van der Waals surface area contributed by atoms with Gasteiger partial charge in [-0.05, 0) is 24.6 Å². The molecular formula is C14H21N3O3. The number of rotatable bonds is 7. The Bertz CT molecular complexity index is 434. The Morgan fingerprint density at radius 1 is 1.55 bits per heavy atom. The van der Waals surface area contributed by atoms with Crippen molar-refractivity contribution in [3.63, 3.8) is 0 Å². The monoisotopic (exact) mass is 279 g/mol. The third kappa shape index (κ3) is 4.70. The minimum Gasteiger partial charge on any atom is -0.488 e. The Kier molecular flexibility index (Phi) is 5.17. The van der Waals surface area contributed by atoms with Gasteiger partial charge >= 0.3 is 6.09 Å². The molecule has 6 heteroatoms. The van der Waals surface area contributed by atoms with E-state index in [2.05, 4.69) is 29.5 Å². The van der Waals surface area contributed by atoms with Crippen molar-refractivity contribution in [1.82, 2.24) is 15.6 Å². The highest BCUT2D eigenvalue weighted by Gasteiger charge is 2.22. The first-order valence-electron chi connectivity index (χ1n) is 6.86. The van der Waals surface area contributed by atoms with E-state index in [1.165, 1.54) is 0 Å². The molecule has 110 valence electrons. The molecule has 1 amide bonds. The second-order valence-electron chi connectivity index (χ2n) is 5.23. The molecule has 0 aliphatic carbocycles. The van der Waals surface area contributed by atoms with Gasteiger partial charge in [0.25, 0.3) is 0 Å². The van der Waals surface area contributed by atoms with Crippen LogP contribution in [-0.4, -0.2) is 36.9 Å². The van der Waals surface area contributed by atoms with Crippen LogP contribution in [0.2, 0.25) is 0 Å². The molecule has 1 unspecified atom stereocenters. The van der Waals surface area contributed by atoms with Gasteiger partial charge in [0.2, 0.25) is 0 Å². The average Bonchev–Trinajstić information content (AvgIpc) is 2.83. The number of nitrogens with zero attached hydrogens (tertiary/aromatic N) is 1. The van der Waals surface area contributed by atoms with Gasteiger partial charge in [0.15, 0.2) is 6.10 Å². The van der Waals surface area contributed by atoms with Gasteiger partial charge in [0.05, 0.1) is 18.4 Å². The normalized spacial score (nSPS) is 17.9. The number of alkyl carbamates (subject to hydrolysis) is 1. The van der Waals surface area contributed by atoms with E-state index in [0.717, 1.165) is 18.8 Å². The van der Waals surface area contributed by atoms with Crippen LogP contribution >= 0.6 is 0 Å². The number of nitrogens with one attached hydrogen (secondary N) is 2. The van der Waals surface area contributed by atoms with Crippen molar-refractivity contribution in [2.75, 3.05) is 19.7 Å². The first-order chi connectivity index (χ1) is 9.63. The quantitative estimate of drug-likeness (QED) is 0.787. The van der Waals surface area contributed by atoms with Crippen LogP contribution in [0.15, 0.2) is 18.3 Å². The van der Waals surface area contributed by atoms with E-state index in [4.69, 9.17) is 9.47 Å². The summed E-state index contributed by atoms with van der Waals surface area (Å²) in [7, 11) is 0. The van der Waals surface area contributed by atoms with Gasteiger partial charge < -0.3 is 20.1 Å². The summed E-state index contributed by atoms with van der Waals surface area (Å²) in [5, 5.41) is 5.92. The molecule has 0 bridgehead atoms. The fourth-order valence-electron chi connectivity index (χ4n) is 1.80. The van der Waals surface area contributed by atoms with Crippen LogP contribution in [-0.2, 0) is 11.3 Å². The molecule has 1 aliphatic heterocycles. The van der Waals surface area contributed by atoms with E-state index in [0.29, 0.717) is 24.8 Å². The van der Waals surface area contributed by atoms with E-state index in [-0.39, 0.29) is 12.2 Å². The van der Waals surface area contributed by atoms with Gasteiger partial charge in [-0.15, -0.1) is 0 Å². The van der Waals surface area contributed by atoms with Gasteiger partial charge in [0.1, 0.15) is 12.4 Å². The molecular weight excluding hydrogens is 258 g/mol. The smallest absolute Gasteiger partial charge is 0.407 e. The number of carbonyl (C=O) groups excluding carboxylic acids is 1. The van der Waals surface area contributed by atoms with Crippen LogP contribution in [0.4, 0.5) is 4.79 Å². The second-order valence-corrected chi connectivity index (χ2v) is 5.23. The fourth-order valence-corrected chi connectivity index (χ4v) is 1.80. The molecule has 6 nitrogen and oxygen atoms in total. The number of amides is 1. The minimum atomic E-state index is -0.386. The molecule has 1 saturated heterocycles. The molecule has 0 saturated carbocycles. The highest BCUT2D eigenvalue weighted by molar-refractivity contribution is 5.69. The molecule has 2 heterocycles. The Balaban J connectivity index is 1.72. The van der Waals surface area contributed by atoms with Crippen LogP contribution in [0.3, 0.4) is 0 Å². The second kappa shape index (κ2) is 7.09. The van der Waals surface area contributed by atoms with Crippen molar-refractivity contribution in [2.45, 2.75) is 26.5 Å². The molecule has 0 radical (unpaired) electrons. The van der Waals surface area contributed by atoms with Crippen molar-refractivity contribution in [1.29, 1.82) is 0 Å². The van der Waals surface area contributed by atoms with Crippen molar-refractivity contribution in [3.05, 3.63) is 24.0 Å². The summed E-state index contributed by atoms with van der Waals surface area (Å²) in [6.07, 6.45) is 1.08. The number of carbonyl (C=O) groups is 1. The third-order valence-corrected chi connectivity index (χ3v) is 2.84. The number of aromatic nitrogens is 1. The number of pyridine rings is 1. The largest absolute Gasteiger partial charge is 0.488 e. The molecule has 1 fully saturated rings. The zero-order valence-corrected chi connectivity index (χ0v) is 11.9. The Morgan fingerprint density at radius 2 is 2.40 bits per heavy atom. The predicted octanol–water partition coefficient (Wildman–Crippen LogP) is 1.31. The molecule has 0 aromatic carbocycles. The Labute approximate surface area is 118 Å². The predicted molar refractivity (Wildman–Crippen MR) is 74.5 cm³/mol. The van der Waals surface area contributed by atoms with Crippen molar-refractivity contribution in [3.8, 4) is 5.75 Å². The first-order valence-corrected chi connectivity index (χ1v) is 6.86. The van der Waals surface area contributed by atoms with E-state index in [9.17, 15) is 4.79 Å². The summed E-state index contributed by atoms with van der Waals surface area (Å²) in [5.41, 5.74) is 0.979. The lowest BCUT2D eigenvalue weighted by Gasteiger charge is -2.10. The average molecular weight is 279 g/mol. The van der Waals surface area contributed by atoms with Gasteiger partial charge in [-0.25, -0.2) is 4.79 Å². The Hall–Kier alpha value is -1.82. The molecule has 1 aromatic heterocycles. The van der Waals surface area contributed by atoms with Crippen LogP contribution in [0.5, 0.6) is 5.75 Å². The van der Waals surface area contributed by atoms with Crippen LogP contribution in [0, 0.1) is 5.92 Å². The lowest BCUT2D eigenvalue weighted by molar-refractivity contribution is 0.104. The zero-order chi connectivity index (χ0) is 14.4. The third-order valence-electron chi connectivity index (χ3n) is 2.84. The lowest BCUT2D eigenvalue weighted by Crippen LogP contribution is -2.22. The molecule has 2 N–H and O–H groups in total. The molecule has 1 aromatic rings. The topological polar surface area (TPSA) is 72.5 Å².